The van der Waals surface area contributed by atoms with Gasteiger partial charge in [-0.3, -0.25) is 14.7 Å². The van der Waals surface area contributed by atoms with Gasteiger partial charge < -0.3 is 90.2 Å². The van der Waals surface area contributed by atoms with Crippen LogP contribution in [0.3, 0.4) is 0 Å². The highest BCUT2D eigenvalue weighted by Gasteiger charge is 2.55. The molecule has 0 spiro atoms. The summed E-state index contributed by atoms with van der Waals surface area (Å²) in [5.74, 6) is 7.16. The molecule has 8 aromatic carbocycles. The summed E-state index contributed by atoms with van der Waals surface area (Å²) < 4.78 is 68.8. The second-order valence-corrected chi connectivity index (χ2v) is 40.7. The molecule has 0 unspecified atom stereocenters. The number of nitrogens with zero attached hydrogens (tertiary/aromatic N) is 9. The number of hydrogen-bond donors (Lipinski definition) is 9. The van der Waals surface area contributed by atoms with Gasteiger partial charge in [-0.2, -0.15) is 0 Å². The van der Waals surface area contributed by atoms with Crippen molar-refractivity contribution in [2.24, 2.45) is 0 Å². The zero-order valence-corrected chi connectivity index (χ0v) is 77.7. The van der Waals surface area contributed by atoms with E-state index in [-0.39, 0.29) is 108 Å². The molecule has 31 heteroatoms. The van der Waals surface area contributed by atoms with Crippen LogP contribution in [-0.4, -0.2) is 316 Å². The number of anilines is 3. The van der Waals surface area contributed by atoms with Crippen LogP contribution >= 0.6 is 31.9 Å². The molecule has 6 aliphatic rings. The number of halogens is 6. The van der Waals surface area contributed by atoms with Crippen LogP contribution in [0.1, 0.15) is 51.1 Å². The highest BCUT2D eigenvalue weighted by atomic mass is 79.9. The Morgan fingerprint density at radius 2 is 0.717 bits per heavy atom. The number of carbonyl (C=O) groups is 3. The number of urea groups is 3. The number of carbonyl (C=O) groups excluding carboxylic acids is 3. The first-order valence-corrected chi connectivity index (χ1v) is 46.9. The predicted molar refractivity (Wildman–Crippen MR) is 497 cm³/mol. The molecule has 9 N–H and O–H groups in total. The number of methoxy groups -OCH3 is 3. The number of fused-ring (bicyclic) bond motifs is 3. The second-order valence-electron chi connectivity index (χ2n) is 34.2. The lowest BCUT2D eigenvalue weighted by molar-refractivity contribution is -0.105. The third-order valence-corrected chi connectivity index (χ3v) is 25.2. The molecule has 0 aromatic heterocycles. The second kappa shape index (κ2) is 45.9. The van der Waals surface area contributed by atoms with Gasteiger partial charge in [-0.05, 0) is 208 Å². The normalized spacial score (nSPS) is 23.9. The Morgan fingerprint density at radius 3 is 1.01 bits per heavy atom. The van der Waals surface area contributed by atoms with Gasteiger partial charge in [-0.15, -0.1) is 18.4 Å². The van der Waals surface area contributed by atoms with Crippen molar-refractivity contribution in [3.63, 3.8) is 0 Å². The van der Waals surface area contributed by atoms with Gasteiger partial charge in [0.15, 0.2) is 23.3 Å². The minimum absolute atomic E-state index is 0.000373. The maximum Gasteiger partial charge on any atom is 0.321 e. The van der Waals surface area contributed by atoms with Crippen LogP contribution in [0.4, 0.5) is 49.0 Å². The average molecular weight is 1890 g/mol. The minimum atomic E-state index is -1.10. The van der Waals surface area contributed by atoms with Gasteiger partial charge in [0.25, 0.3) is 0 Å². The van der Waals surface area contributed by atoms with Gasteiger partial charge in [0.05, 0.1) is 87.6 Å². The molecule has 0 saturated carbocycles. The number of benzene rings is 8. The van der Waals surface area contributed by atoms with E-state index in [0.29, 0.717) is 79.1 Å². The molecule has 6 heterocycles. The highest BCUT2D eigenvalue weighted by molar-refractivity contribution is 9.10. The molecule has 15 atom stereocenters. The molecule has 0 radical (unpaired) electrons. The van der Waals surface area contributed by atoms with E-state index in [2.05, 4.69) is 144 Å². The number of terminal acetylenes is 2. The third-order valence-electron chi connectivity index (χ3n) is 23.2. The Morgan fingerprint density at radius 1 is 0.417 bits per heavy atom. The van der Waals surface area contributed by atoms with E-state index < -0.39 is 68.0 Å². The topological polar surface area (TPSA) is 266 Å². The minimum Gasteiger partial charge on any atom is -0.497 e. The van der Waals surface area contributed by atoms with Crippen molar-refractivity contribution in [2.45, 2.75) is 110 Å². The quantitative estimate of drug-likeness (QED) is 0.0200. The lowest BCUT2D eigenvalue weighted by atomic mass is 9.73. The van der Waals surface area contributed by atoms with Crippen molar-refractivity contribution >= 4 is 75.1 Å². The average Bonchev–Trinajstić information content (AvgIpc) is 0.745. The number of ether oxygens (including phenoxy) is 3. The standard InChI is InChI=1S/C33H36F2N4O4.C27H34N4O4.C25H33BrN4O4.C6H3BrF2.C5H10Si/c1-37(2)17-27-31(22-10-7-21(8-11-22)9-12-23-5-4-6-26(34)32(23)35)28-18-38(19-29(40)30(41)20-39(27)28)33(42)36-24-13-15-25(43-3)16-14-24;1-5-18-6-8-19(9-7-18)26-22(14-29(2)3)31-17-25(33)24(32)16-30(15-23(26)31)27(34)28-20-10-12-21(35-4)13-11-20;1-28(2)12-20-24(16-4-6-17(26)7-5-16)21-13-29(14-22(31)23(32)15-30(20)21)25(33)27-18-8-10-19(34-3)11-9-18;7-4-2-1-3-5(8)6(4)9;1-5-6(2,3)4/h4-8,10-11,13-16,27-31,40-41H,17-20H2,1-3H3,(H,36,42);1,6-13,22-26,32-33H,14-17H2,2-4H3,(H,28,34);4-11,20-24,31-32H,12-15H2,1-3H3,(H,27,33);1-3H;1H,2-4H3/t27-,28+,29-,30+,31+;22-,23+,24-,25+,26+;20-,21+,22-,23+,24+;;/m111../s1. The van der Waals surface area contributed by atoms with Crippen molar-refractivity contribution < 1.29 is 76.8 Å². The SMILES string of the molecule is C#C[Si](C)(C)C.C#Cc1ccc([C@H]2[C@@H](CN(C)C)N3C[C@H](O)[C@H](O)CN(C(=O)Nc4ccc(OC)cc4)C[C@@H]23)cc1.COc1ccc(NC(=O)N2C[C@@H](O)[C@@H](O)CN3[C@H](CN(C)C)[C@H](c4ccc(Br)cc4)[C@@H]3C2)cc1.COc1ccc(NC(=O)N2C[C@@H](O)[C@@H](O)CN3[C@H](CN(C)C)[C@H](c4ccc(C#Cc5cccc(F)c5F)cc4)[C@@H]3C2)cc1.Fc1cccc(Br)c1F. The van der Waals surface area contributed by atoms with Crippen molar-refractivity contribution in [3.05, 3.63) is 248 Å². The van der Waals surface area contributed by atoms with Crippen molar-refractivity contribution in [3.8, 4) is 53.4 Å². The molecular formula is C96H116Br2F4N12O12Si. The summed E-state index contributed by atoms with van der Waals surface area (Å²) in [4.78, 5) is 57.6. The fourth-order valence-electron chi connectivity index (χ4n) is 16.6. The molecule has 678 valence electrons. The largest absolute Gasteiger partial charge is 0.497 e. The third kappa shape index (κ3) is 26.6. The summed E-state index contributed by atoms with van der Waals surface area (Å²) in [6, 6.07) is 52.3. The lowest BCUT2D eigenvalue weighted by Gasteiger charge is -2.59. The molecule has 6 saturated heterocycles. The highest BCUT2D eigenvalue weighted by Crippen LogP contribution is 2.46. The van der Waals surface area contributed by atoms with Crippen molar-refractivity contribution in [2.75, 3.05) is 158 Å². The van der Waals surface area contributed by atoms with E-state index in [1.54, 1.807) is 109 Å². The molecule has 6 aliphatic heterocycles. The summed E-state index contributed by atoms with van der Waals surface area (Å²) in [6.07, 6.45) is 4.60. The zero-order chi connectivity index (χ0) is 92.3. The molecule has 24 nitrogen and oxygen atoms in total. The number of hydrogen-bond acceptors (Lipinski definition) is 18. The Hall–Kier alpha value is -9.93. The fourth-order valence-corrected chi connectivity index (χ4v) is 17.2. The number of β-amino-alcohol motifs (C(OH)–C–C–N with tert-alkyl or cyclic N) is 3. The lowest BCUT2D eigenvalue weighted by Crippen LogP contribution is -2.71. The molecule has 14 rings (SSSR count). The summed E-state index contributed by atoms with van der Waals surface area (Å²) in [6.45, 7) is 11.1. The monoisotopic (exact) mass is 1890 g/mol. The van der Waals surface area contributed by atoms with Crippen LogP contribution in [-0.2, 0) is 0 Å². The van der Waals surface area contributed by atoms with Crippen LogP contribution in [0.5, 0.6) is 17.2 Å². The van der Waals surface area contributed by atoms with E-state index in [0.717, 1.165) is 46.4 Å². The summed E-state index contributed by atoms with van der Waals surface area (Å²) in [5, 5.41) is 73.0. The molecule has 8 aromatic rings. The number of nitrogens with one attached hydrogen (secondary N) is 3. The number of rotatable bonds is 15. The Bertz CT molecular complexity index is 5070. The van der Waals surface area contributed by atoms with Crippen LogP contribution < -0.4 is 30.2 Å². The molecule has 6 fully saturated rings. The van der Waals surface area contributed by atoms with Gasteiger partial charge >= 0.3 is 18.1 Å². The Kier molecular flexibility index (Phi) is 35.8. The summed E-state index contributed by atoms with van der Waals surface area (Å²) in [5.41, 5.74) is 9.49. The molecule has 0 aliphatic carbocycles. The Labute approximate surface area is 760 Å². The molecule has 127 heavy (non-hydrogen) atoms. The van der Waals surface area contributed by atoms with E-state index in [4.69, 9.17) is 27.1 Å². The van der Waals surface area contributed by atoms with E-state index >= 15 is 0 Å². The number of aliphatic hydroxyl groups is 6. The van der Waals surface area contributed by atoms with Crippen LogP contribution in [0.15, 0.2) is 191 Å². The van der Waals surface area contributed by atoms with Crippen LogP contribution in [0, 0.1) is 59.4 Å². The van der Waals surface area contributed by atoms with Gasteiger partial charge in [0.1, 0.15) is 25.3 Å². The molecule has 0 bridgehead atoms. The smallest absolute Gasteiger partial charge is 0.321 e. The van der Waals surface area contributed by atoms with E-state index in [1.807, 2.05) is 90.8 Å². The number of likely N-dealkylation sites (N-methyl/N-ethyl adjacent to an activating group) is 3. The van der Waals surface area contributed by atoms with Crippen molar-refractivity contribution in [1.29, 1.82) is 0 Å². The molecular weight excluding hydrogens is 1780 g/mol. The number of amides is 6. The Balaban J connectivity index is 0.000000184. The summed E-state index contributed by atoms with van der Waals surface area (Å²) in [7, 11) is 15.7. The maximum absolute atomic E-state index is 14.0. The van der Waals surface area contributed by atoms with Gasteiger partial charge in [-0.1, -0.05) is 102 Å². The van der Waals surface area contributed by atoms with Crippen LogP contribution in [0.25, 0.3) is 0 Å². The molecule has 6 amide bonds. The first-order chi connectivity index (χ1) is 60.5. The van der Waals surface area contributed by atoms with Gasteiger partial charge in [0, 0.05) is 146 Å². The zero-order valence-electron chi connectivity index (χ0n) is 73.5. The van der Waals surface area contributed by atoms with Gasteiger partial charge in [0.2, 0.25) is 0 Å². The van der Waals surface area contributed by atoms with Crippen LogP contribution in [0.2, 0.25) is 19.6 Å². The number of aliphatic hydroxyl groups excluding tert-OH is 6. The van der Waals surface area contributed by atoms with Crippen molar-refractivity contribution in [1.82, 2.24) is 44.1 Å². The summed E-state index contributed by atoms with van der Waals surface area (Å²) >= 11 is 6.35. The van der Waals surface area contributed by atoms with E-state index in [9.17, 15) is 62.6 Å². The predicted octanol–water partition coefficient (Wildman–Crippen LogP) is 11.6. The first kappa shape index (κ1) is 99.2. The van der Waals surface area contributed by atoms with E-state index in [1.165, 1.54) is 29.8 Å². The maximum atomic E-state index is 14.0. The fraction of sp³-hybridized carbons (Fsp3) is 0.406. The first-order valence-electron chi connectivity index (χ1n) is 41.8. The van der Waals surface area contributed by atoms with Gasteiger partial charge in [-0.25, -0.2) is 31.9 Å².